The van der Waals surface area contributed by atoms with E-state index in [1.807, 2.05) is 6.92 Å². The fraction of sp³-hybridized carbons (Fsp3) is 0.647. The van der Waals surface area contributed by atoms with E-state index < -0.39 is 0 Å². The summed E-state index contributed by atoms with van der Waals surface area (Å²) in [6.07, 6.45) is 5.90. The average Bonchev–Trinajstić information content (AvgIpc) is 2.54. The van der Waals surface area contributed by atoms with Crippen LogP contribution in [0.4, 0.5) is 5.69 Å². The second kappa shape index (κ2) is 6.15. The van der Waals surface area contributed by atoms with Gasteiger partial charge in [0, 0.05) is 12.2 Å². The van der Waals surface area contributed by atoms with Crippen LogP contribution in [0.15, 0.2) is 24.3 Å². The molecule has 1 saturated heterocycles. The number of ether oxygens (including phenoxy) is 1. The standard InChI is InChI=1S/C17H25NO2/c1-2-16(19)13-7-9-14(10-8-13)18-11-12-20-17-6-4-3-5-15(17)18/h7-10,15-17,19H,2-6,11-12H2,1H3/t15?,16-,17?/m1/s1. The monoisotopic (exact) mass is 275 g/mol. The third kappa shape index (κ3) is 2.70. The first-order valence-corrected chi connectivity index (χ1v) is 7.96. The lowest BCUT2D eigenvalue weighted by Gasteiger charge is -2.45. The molecule has 1 heterocycles. The molecule has 2 fully saturated rings. The van der Waals surface area contributed by atoms with Crippen molar-refractivity contribution < 1.29 is 9.84 Å². The summed E-state index contributed by atoms with van der Waals surface area (Å²) in [4.78, 5) is 2.51. The van der Waals surface area contributed by atoms with Crippen LogP contribution >= 0.6 is 0 Å². The summed E-state index contributed by atoms with van der Waals surface area (Å²) in [6.45, 7) is 3.82. The Kier molecular flexibility index (Phi) is 4.27. The van der Waals surface area contributed by atoms with Gasteiger partial charge in [-0.25, -0.2) is 0 Å². The number of rotatable bonds is 3. The van der Waals surface area contributed by atoms with Gasteiger partial charge in [-0.3, -0.25) is 0 Å². The molecule has 2 aliphatic rings. The molecule has 1 saturated carbocycles. The number of hydrogen-bond donors (Lipinski definition) is 1. The second-order valence-electron chi connectivity index (χ2n) is 5.97. The SMILES string of the molecule is CC[C@@H](O)c1ccc(N2CCOC3CCCCC32)cc1. The number of benzene rings is 1. The van der Waals surface area contributed by atoms with Gasteiger partial charge in [0.2, 0.25) is 0 Å². The molecule has 110 valence electrons. The topological polar surface area (TPSA) is 32.7 Å². The van der Waals surface area contributed by atoms with Crippen molar-refractivity contribution in [2.24, 2.45) is 0 Å². The first kappa shape index (κ1) is 13.9. The molecule has 2 unspecified atom stereocenters. The van der Waals surface area contributed by atoms with Crippen molar-refractivity contribution >= 4 is 5.69 Å². The second-order valence-corrected chi connectivity index (χ2v) is 5.97. The fourth-order valence-electron chi connectivity index (χ4n) is 3.54. The van der Waals surface area contributed by atoms with Gasteiger partial charge in [-0.15, -0.1) is 0 Å². The Bertz CT molecular complexity index is 429. The molecule has 1 aliphatic heterocycles. The van der Waals surface area contributed by atoms with Crippen molar-refractivity contribution in [3.63, 3.8) is 0 Å². The van der Waals surface area contributed by atoms with Crippen molar-refractivity contribution in [3.8, 4) is 0 Å². The third-order valence-corrected chi connectivity index (χ3v) is 4.73. The molecule has 1 N–H and O–H groups in total. The minimum atomic E-state index is -0.337. The Morgan fingerprint density at radius 1 is 1.25 bits per heavy atom. The number of anilines is 1. The quantitative estimate of drug-likeness (QED) is 0.919. The molecule has 0 aromatic heterocycles. The van der Waals surface area contributed by atoms with Crippen molar-refractivity contribution in [2.45, 2.75) is 57.3 Å². The van der Waals surface area contributed by atoms with Gasteiger partial charge in [0.15, 0.2) is 0 Å². The first-order valence-electron chi connectivity index (χ1n) is 7.96. The van der Waals surface area contributed by atoms with E-state index in [1.54, 1.807) is 0 Å². The predicted octanol–water partition coefficient (Wildman–Crippen LogP) is 3.28. The molecule has 1 aromatic carbocycles. The van der Waals surface area contributed by atoms with E-state index in [9.17, 15) is 5.11 Å². The smallest absolute Gasteiger partial charge is 0.0787 e. The summed E-state index contributed by atoms with van der Waals surface area (Å²) in [5.41, 5.74) is 2.29. The Morgan fingerprint density at radius 3 is 2.75 bits per heavy atom. The van der Waals surface area contributed by atoms with E-state index in [0.29, 0.717) is 12.1 Å². The Balaban J connectivity index is 1.77. The Hall–Kier alpha value is -1.06. The van der Waals surface area contributed by atoms with Gasteiger partial charge in [0.05, 0.1) is 24.9 Å². The molecule has 0 spiro atoms. The molecule has 1 aromatic rings. The molecule has 3 heteroatoms. The molecule has 3 atom stereocenters. The van der Waals surface area contributed by atoms with Gasteiger partial charge < -0.3 is 14.7 Å². The zero-order valence-corrected chi connectivity index (χ0v) is 12.3. The van der Waals surface area contributed by atoms with Crippen molar-refractivity contribution in [2.75, 3.05) is 18.1 Å². The molecule has 3 nitrogen and oxygen atoms in total. The van der Waals surface area contributed by atoms with Crippen LogP contribution in [-0.4, -0.2) is 30.4 Å². The van der Waals surface area contributed by atoms with Gasteiger partial charge in [-0.05, 0) is 37.0 Å². The highest BCUT2D eigenvalue weighted by Gasteiger charge is 2.34. The van der Waals surface area contributed by atoms with E-state index in [4.69, 9.17) is 4.74 Å². The van der Waals surface area contributed by atoms with Crippen LogP contribution in [0.3, 0.4) is 0 Å². The summed E-state index contributed by atoms with van der Waals surface area (Å²) >= 11 is 0. The summed E-state index contributed by atoms with van der Waals surface area (Å²) in [6, 6.07) is 8.99. The number of fused-ring (bicyclic) bond motifs is 1. The molecule has 3 rings (SSSR count). The molecule has 0 amide bonds. The van der Waals surface area contributed by atoms with Crippen molar-refractivity contribution in [1.29, 1.82) is 0 Å². The number of morpholine rings is 1. The average molecular weight is 275 g/mol. The van der Waals surface area contributed by atoms with Crippen LogP contribution in [0.1, 0.15) is 50.7 Å². The van der Waals surface area contributed by atoms with E-state index in [-0.39, 0.29) is 6.10 Å². The Labute approximate surface area is 121 Å². The van der Waals surface area contributed by atoms with E-state index in [1.165, 1.54) is 31.4 Å². The van der Waals surface area contributed by atoms with Gasteiger partial charge in [0.1, 0.15) is 0 Å². The summed E-state index contributed by atoms with van der Waals surface area (Å²) < 4.78 is 5.93. The molecule has 0 radical (unpaired) electrons. The molecule has 20 heavy (non-hydrogen) atoms. The third-order valence-electron chi connectivity index (χ3n) is 4.73. The van der Waals surface area contributed by atoms with Crippen LogP contribution in [0.2, 0.25) is 0 Å². The van der Waals surface area contributed by atoms with Crippen LogP contribution in [0.25, 0.3) is 0 Å². The largest absolute Gasteiger partial charge is 0.388 e. The van der Waals surface area contributed by atoms with E-state index in [0.717, 1.165) is 25.1 Å². The molecule has 1 aliphatic carbocycles. The number of aliphatic hydroxyl groups excluding tert-OH is 1. The van der Waals surface area contributed by atoms with Crippen LogP contribution in [0.5, 0.6) is 0 Å². The Morgan fingerprint density at radius 2 is 2.00 bits per heavy atom. The number of nitrogens with zero attached hydrogens (tertiary/aromatic N) is 1. The normalized spacial score (nSPS) is 28.0. The van der Waals surface area contributed by atoms with E-state index >= 15 is 0 Å². The van der Waals surface area contributed by atoms with Gasteiger partial charge in [-0.1, -0.05) is 31.9 Å². The highest BCUT2D eigenvalue weighted by Crippen LogP contribution is 2.32. The van der Waals surface area contributed by atoms with Gasteiger partial charge in [0.25, 0.3) is 0 Å². The van der Waals surface area contributed by atoms with Gasteiger partial charge >= 0.3 is 0 Å². The number of hydrogen-bond acceptors (Lipinski definition) is 3. The minimum Gasteiger partial charge on any atom is -0.388 e. The fourth-order valence-corrected chi connectivity index (χ4v) is 3.54. The highest BCUT2D eigenvalue weighted by molar-refractivity contribution is 5.49. The maximum atomic E-state index is 9.88. The maximum absolute atomic E-state index is 9.88. The minimum absolute atomic E-state index is 0.337. The van der Waals surface area contributed by atoms with Crippen LogP contribution in [-0.2, 0) is 4.74 Å². The molecular formula is C17H25NO2. The van der Waals surface area contributed by atoms with Crippen molar-refractivity contribution in [3.05, 3.63) is 29.8 Å². The zero-order valence-electron chi connectivity index (χ0n) is 12.3. The lowest BCUT2D eigenvalue weighted by Crippen LogP contribution is -2.52. The molecule has 0 bridgehead atoms. The lowest BCUT2D eigenvalue weighted by molar-refractivity contribution is -0.00868. The number of aliphatic hydroxyl groups is 1. The van der Waals surface area contributed by atoms with Gasteiger partial charge in [-0.2, -0.15) is 0 Å². The van der Waals surface area contributed by atoms with Crippen LogP contribution in [0, 0.1) is 0 Å². The molecular weight excluding hydrogens is 250 g/mol. The summed E-state index contributed by atoms with van der Waals surface area (Å²) in [5, 5.41) is 9.88. The van der Waals surface area contributed by atoms with E-state index in [2.05, 4.69) is 29.2 Å². The first-order chi connectivity index (χ1) is 9.79. The maximum Gasteiger partial charge on any atom is 0.0787 e. The lowest BCUT2D eigenvalue weighted by atomic mass is 9.89. The zero-order chi connectivity index (χ0) is 13.9. The predicted molar refractivity (Wildman–Crippen MR) is 81.0 cm³/mol. The summed E-state index contributed by atoms with van der Waals surface area (Å²) in [5.74, 6) is 0. The van der Waals surface area contributed by atoms with Crippen LogP contribution < -0.4 is 4.90 Å². The summed E-state index contributed by atoms with van der Waals surface area (Å²) in [7, 11) is 0. The van der Waals surface area contributed by atoms with Crippen molar-refractivity contribution in [1.82, 2.24) is 0 Å². The highest BCUT2D eigenvalue weighted by atomic mass is 16.5.